The molecule has 6 nitrogen and oxygen atoms in total. The minimum atomic E-state index is -0.617. The number of nitrogens with zero attached hydrogens (tertiary/aromatic N) is 1. The predicted octanol–water partition coefficient (Wildman–Crippen LogP) is 3.51. The molecule has 0 aliphatic carbocycles. The van der Waals surface area contributed by atoms with Crippen molar-refractivity contribution in [2.24, 2.45) is 0 Å². The SMILES string of the molecule is COc1ccc(/C=C/C(=O)OCC(=O)Nc2ccccc2SCC#N)cc1. The summed E-state index contributed by atoms with van der Waals surface area (Å²) in [4.78, 5) is 24.5. The minimum absolute atomic E-state index is 0.276. The van der Waals surface area contributed by atoms with Gasteiger partial charge in [-0.1, -0.05) is 24.3 Å². The number of carbonyl (C=O) groups is 2. The molecule has 7 heteroatoms. The number of nitriles is 1. The first-order chi connectivity index (χ1) is 13.1. The van der Waals surface area contributed by atoms with E-state index < -0.39 is 18.5 Å². The maximum absolute atomic E-state index is 12.0. The smallest absolute Gasteiger partial charge is 0.331 e. The molecule has 0 aromatic heterocycles. The second-order valence-electron chi connectivity index (χ2n) is 5.21. The van der Waals surface area contributed by atoms with Gasteiger partial charge >= 0.3 is 5.97 Å². The quantitative estimate of drug-likeness (QED) is 0.427. The van der Waals surface area contributed by atoms with Crippen LogP contribution in [0.4, 0.5) is 5.69 Å². The molecule has 1 amide bonds. The standard InChI is InChI=1S/C20H18N2O4S/c1-25-16-9-6-15(7-10-16)8-11-20(24)26-14-19(23)22-17-4-2-3-5-18(17)27-13-12-21/h2-11H,13-14H2,1H3,(H,22,23)/b11-8+. The molecule has 0 aliphatic rings. The summed E-state index contributed by atoms with van der Waals surface area (Å²) in [5, 5.41) is 11.4. The Morgan fingerprint density at radius 1 is 1.19 bits per heavy atom. The summed E-state index contributed by atoms with van der Waals surface area (Å²) < 4.78 is 10.0. The summed E-state index contributed by atoms with van der Waals surface area (Å²) in [7, 11) is 1.58. The van der Waals surface area contributed by atoms with Crippen molar-refractivity contribution in [3.05, 3.63) is 60.2 Å². The van der Waals surface area contributed by atoms with E-state index in [2.05, 4.69) is 5.32 Å². The summed E-state index contributed by atoms with van der Waals surface area (Å²) in [6.07, 6.45) is 2.85. The number of para-hydroxylation sites is 1. The summed E-state index contributed by atoms with van der Waals surface area (Å²) in [6, 6.07) is 16.3. The molecule has 0 saturated heterocycles. The third-order valence-electron chi connectivity index (χ3n) is 3.33. The Bertz CT molecular complexity index is 857. The molecule has 1 N–H and O–H groups in total. The van der Waals surface area contributed by atoms with E-state index in [4.69, 9.17) is 14.7 Å². The number of rotatable bonds is 8. The lowest BCUT2D eigenvalue weighted by Crippen LogP contribution is -2.20. The van der Waals surface area contributed by atoms with Gasteiger partial charge in [-0.25, -0.2) is 4.79 Å². The highest BCUT2D eigenvalue weighted by Crippen LogP contribution is 2.26. The van der Waals surface area contributed by atoms with Gasteiger partial charge in [0, 0.05) is 11.0 Å². The van der Waals surface area contributed by atoms with Gasteiger partial charge in [-0.05, 0) is 35.9 Å². The van der Waals surface area contributed by atoms with E-state index in [1.54, 1.807) is 55.7 Å². The maximum atomic E-state index is 12.0. The average Bonchev–Trinajstić information content (AvgIpc) is 2.70. The number of anilines is 1. The number of methoxy groups -OCH3 is 1. The summed E-state index contributed by atoms with van der Waals surface area (Å²) >= 11 is 1.32. The number of esters is 1. The van der Waals surface area contributed by atoms with Crippen molar-refractivity contribution in [3.8, 4) is 11.8 Å². The Balaban J connectivity index is 1.83. The second-order valence-corrected chi connectivity index (χ2v) is 6.22. The first-order valence-electron chi connectivity index (χ1n) is 8.00. The third kappa shape index (κ3) is 6.88. The van der Waals surface area contributed by atoms with E-state index in [1.807, 2.05) is 12.1 Å². The summed E-state index contributed by atoms with van der Waals surface area (Å²) in [6.45, 7) is -0.400. The Kier molecular flexibility index (Phi) is 7.94. The first kappa shape index (κ1) is 20.1. The molecule has 0 bridgehead atoms. The van der Waals surface area contributed by atoms with Crippen molar-refractivity contribution in [2.45, 2.75) is 4.90 Å². The van der Waals surface area contributed by atoms with Crippen molar-refractivity contribution >= 4 is 35.4 Å². The number of thioether (sulfide) groups is 1. The molecular formula is C20H18N2O4S. The molecule has 0 radical (unpaired) electrons. The van der Waals surface area contributed by atoms with Gasteiger partial charge < -0.3 is 14.8 Å². The lowest BCUT2D eigenvalue weighted by atomic mass is 10.2. The molecule has 138 valence electrons. The zero-order valence-corrected chi connectivity index (χ0v) is 15.5. The highest BCUT2D eigenvalue weighted by Gasteiger charge is 2.09. The van der Waals surface area contributed by atoms with Crippen LogP contribution < -0.4 is 10.1 Å². The topological polar surface area (TPSA) is 88.4 Å². The van der Waals surface area contributed by atoms with E-state index in [1.165, 1.54) is 17.8 Å². The number of carbonyl (C=O) groups excluding carboxylic acids is 2. The number of hydrogen-bond acceptors (Lipinski definition) is 6. The fourth-order valence-corrected chi connectivity index (χ4v) is 2.73. The van der Waals surface area contributed by atoms with Gasteiger partial charge in [0.15, 0.2) is 6.61 Å². The predicted molar refractivity (Wildman–Crippen MR) is 104 cm³/mol. The number of nitrogens with one attached hydrogen (secondary N) is 1. The average molecular weight is 382 g/mol. The van der Waals surface area contributed by atoms with Crippen molar-refractivity contribution in [1.82, 2.24) is 0 Å². The molecule has 2 aromatic rings. The van der Waals surface area contributed by atoms with Gasteiger partial charge in [0.2, 0.25) is 0 Å². The van der Waals surface area contributed by atoms with Crippen LogP contribution in [0.3, 0.4) is 0 Å². The van der Waals surface area contributed by atoms with E-state index >= 15 is 0 Å². The Labute approximate surface area is 161 Å². The fourth-order valence-electron chi connectivity index (χ4n) is 2.06. The molecule has 2 rings (SSSR count). The lowest BCUT2D eigenvalue weighted by molar-refractivity contribution is -0.142. The van der Waals surface area contributed by atoms with E-state index in [9.17, 15) is 9.59 Å². The van der Waals surface area contributed by atoms with Crippen molar-refractivity contribution in [3.63, 3.8) is 0 Å². The summed E-state index contributed by atoms with van der Waals surface area (Å²) in [5.74, 6) is -0.0724. The number of benzene rings is 2. The van der Waals surface area contributed by atoms with Crippen LogP contribution in [0.15, 0.2) is 59.5 Å². The molecule has 0 saturated carbocycles. The molecule has 2 aromatic carbocycles. The zero-order chi connectivity index (χ0) is 19.5. The van der Waals surface area contributed by atoms with Gasteiger partial charge in [0.05, 0.1) is 24.6 Å². The molecular weight excluding hydrogens is 364 g/mol. The lowest BCUT2D eigenvalue weighted by Gasteiger charge is -2.09. The van der Waals surface area contributed by atoms with Crippen LogP contribution in [-0.4, -0.2) is 31.3 Å². The molecule has 0 heterocycles. The Morgan fingerprint density at radius 2 is 1.93 bits per heavy atom. The van der Waals surface area contributed by atoms with Crippen molar-refractivity contribution in [1.29, 1.82) is 5.26 Å². The highest BCUT2D eigenvalue weighted by atomic mass is 32.2. The minimum Gasteiger partial charge on any atom is -0.497 e. The van der Waals surface area contributed by atoms with E-state index in [-0.39, 0.29) is 5.75 Å². The van der Waals surface area contributed by atoms with Crippen LogP contribution in [0.5, 0.6) is 5.75 Å². The van der Waals surface area contributed by atoms with Crippen LogP contribution in [0.1, 0.15) is 5.56 Å². The largest absolute Gasteiger partial charge is 0.497 e. The normalized spacial score (nSPS) is 10.2. The van der Waals surface area contributed by atoms with Gasteiger partial charge in [0.25, 0.3) is 5.91 Å². The number of amides is 1. The molecule has 0 atom stereocenters. The van der Waals surface area contributed by atoms with Gasteiger partial charge in [0.1, 0.15) is 5.75 Å². The van der Waals surface area contributed by atoms with Crippen LogP contribution in [-0.2, 0) is 14.3 Å². The molecule has 0 aliphatic heterocycles. The van der Waals surface area contributed by atoms with Gasteiger partial charge in [-0.15, -0.1) is 11.8 Å². The molecule has 0 unspecified atom stereocenters. The Hall–Kier alpha value is -3.24. The van der Waals surface area contributed by atoms with Crippen molar-refractivity contribution < 1.29 is 19.1 Å². The van der Waals surface area contributed by atoms with Crippen molar-refractivity contribution in [2.75, 3.05) is 24.8 Å². The zero-order valence-electron chi connectivity index (χ0n) is 14.7. The molecule has 27 heavy (non-hydrogen) atoms. The van der Waals surface area contributed by atoms with Crippen LogP contribution in [0.2, 0.25) is 0 Å². The fraction of sp³-hybridized carbons (Fsp3) is 0.150. The second kappa shape index (κ2) is 10.7. The number of hydrogen-bond donors (Lipinski definition) is 1. The summed E-state index contributed by atoms with van der Waals surface area (Å²) in [5.41, 5.74) is 1.38. The van der Waals surface area contributed by atoms with Gasteiger partial charge in [-0.2, -0.15) is 5.26 Å². The van der Waals surface area contributed by atoms with Crippen LogP contribution in [0.25, 0.3) is 6.08 Å². The third-order valence-corrected chi connectivity index (χ3v) is 4.27. The van der Waals surface area contributed by atoms with Gasteiger partial charge in [-0.3, -0.25) is 4.79 Å². The molecule has 0 spiro atoms. The first-order valence-corrected chi connectivity index (χ1v) is 8.98. The van der Waals surface area contributed by atoms with Crippen LogP contribution in [0, 0.1) is 11.3 Å². The van der Waals surface area contributed by atoms with Crippen LogP contribution >= 0.6 is 11.8 Å². The highest BCUT2D eigenvalue weighted by molar-refractivity contribution is 7.99. The monoisotopic (exact) mass is 382 g/mol. The molecule has 0 fully saturated rings. The Morgan fingerprint density at radius 3 is 2.63 bits per heavy atom. The number of ether oxygens (including phenoxy) is 2. The maximum Gasteiger partial charge on any atom is 0.331 e. The van der Waals surface area contributed by atoms with E-state index in [0.29, 0.717) is 5.69 Å². The van der Waals surface area contributed by atoms with E-state index in [0.717, 1.165) is 16.2 Å².